The first-order valence-corrected chi connectivity index (χ1v) is 7.71. The number of para-hydroxylation sites is 1. The lowest BCUT2D eigenvalue weighted by atomic mass is 10.2. The zero-order valence-electron chi connectivity index (χ0n) is 11.4. The van der Waals surface area contributed by atoms with Crippen molar-refractivity contribution < 1.29 is 13.2 Å². The minimum Gasteiger partial charge on any atom is -0.489 e. The summed E-state index contributed by atoms with van der Waals surface area (Å²) in [5, 5.41) is 2.99. The van der Waals surface area contributed by atoms with Crippen LogP contribution < -0.4 is 20.5 Å². The Kier molecular flexibility index (Phi) is 5.44. The van der Waals surface area contributed by atoms with Crippen LogP contribution in [0.15, 0.2) is 18.2 Å². The number of rotatable bonds is 7. The molecule has 1 rings (SSSR count). The number of hydrogen-bond donors (Lipinski definition) is 3. The molecule has 0 aliphatic carbocycles. The van der Waals surface area contributed by atoms with Crippen LogP contribution in [0.4, 0.5) is 11.4 Å². The van der Waals surface area contributed by atoms with Gasteiger partial charge in [-0.15, -0.1) is 0 Å². The molecule has 0 atom stereocenters. The zero-order chi connectivity index (χ0) is 14.5. The van der Waals surface area contributed by atoms with Gasteiger partial charge in [0.2, 0.25) is 10.0 Å². The van der Waals surface area contributed by atoms with E-state index in [1.807, 2.05) is 19.9 Å². The summed E-state index contributed by atoms with van der Waals surface area (Å²) in [6, 6.07) is 5.38. The number of nitrogen functional groups attached to an aromatic ring is 1. The normalized spacial score (nSPS) is 11.6. The first-order chi connectivity index (χ1) is 8.85. The monoisotopic (exact) mass is 287 g/mol. The summed E-state index contributed by atoms with van der Waals surface area (Å²) >= 11 is 0. The number of nitrogens with two attached hydrogens (primary N) is 1. The number of nitrogens with one attached hydrogen (secondary N) is 2. The summed E-state index contributed by atoms with van der Waals surface area (Å²) in [5.41, 5.74) is 7.12. The third-order valence-corrected chi connectivity index (χ3v) is 3.79. The van der Waals surface area contributed by atoms with Crippen molar-refractivity contribution in [2.24, 2.45) is 0 Å². The van der Waals surface area contributed by atoms with Gasteiger partial charge in [0, 0.05) is 6.54 Å². The first kappa shape index (κ1) is 15.6. The minimum absolute atomic E-state index is 0.0157. The molecule has 7 heteroatoms. The number of hydrogen-bond acceptors (Lipinski definition) is 5. The van der Waals surface area contributed by atoms with Gasteiger partial charge < -0.3 is 15.8 Å². The third-order valence-electron chi connectivity index (χ3n) is 2.43. The Hall–Kier alpha value is -1.47. The van der Waals surface area contributed by atoms with Crippen molar-refractivity contribution in [1.82, 2.24) is 4.72 Å². The second-order valence-electron chi connectivity index (χ2n) is 4.33. The van der Waals surface area contributed by atoms with E-state index in [2.05, 4.69) is 10.0 Å². The molecule has 0 saturated carbocycles. The van der Waals surface area contributed by atoms with Gasteiger partial charge in [-0.3, -0.25) is 0 Å². The molecule has 0 fully saturated rings. The Morgan fingerprint density at radius 1 is 1.37 bits per heavy atom. The summed E-state index contributed by atoms with van der Waals surface area (Å²) in [5.74, 6) is 0.578. The van der Waals surface area contributed by atoms with Crippen LogP contribution >= 0.6 is 0 Å². The lowest BCUT2D eigenvalue weighted by Crippen LogP contribution is -2.26. The lowest BCUT2D eigenvalue weighted by molar-refractivity contribution is 0.244. The minimum atomic E-state index is -3.22. The molecule has 108 valence electrons. The Morgan fingerprint density at radius 2 is 2.05 bits per heavy atom. The zero-order valence-corrected chi connectivity index (χ0v) is 12.3. The standard InChI is InChI=1S/C12H21N3O3S/c1-9(2)18-11-6-4-5-10(12(11)13)15-7-8-19(16,17)14-3/h4-6,9,14-15H,7-8,13H2,1-3H3. The predicted molar refractivity (Wildman–Crippen MR) is 78.0 cm³/mol. The quantitative estimate of drug-likeness (QED) is 0.651. The molecule has 0 saturated heterocycles. The maximum atomic E-state index is 11.3. The van der Waals surface area contributed by atoms with E-state index in [-0.39, 0.29) is 18.4 Å². The van der Waals surface area contributed by atoms with Gasteiger partial charge in [0.25, 0.3) is 0 Å². The highest BCUT2D eigenvalue weighted by molar-refractivity contribution is 7.89. The van der Waals surface area contributed by atoms with Crippen LogP contribution in [0, 0.1) is 0 Å². The van der Waals surface area contributed by atoms with Gasteiger partial charge in [-0.25, -0.2) is 13.1 Å². The Morgan fingerprint density at radius 3 is 2.63 bits per heavy atom. The van der Waals surface area contributed by atoms with Crippen molar-refractivity contribution in [2.75, 3.05) is 30.4 Å². The van der Waals surface area contributed by atoms with Crippen LogP contribution in [0.3, 0.4) is 0 Å². The van der Waals surface area contributed by atoms with E-state index in [1.54, 1.807) is 12.1 Å². The highest BCUT2D eigenvalue weighted by Crippen LogP contribution is 2.29. The molecule has 1 aromatic rings. The van der Waals surface area contributed by atoms with Gasteiger partial charge in [-0.05, 0) is 33.0 Å². The molecule has 0 unspecified atom stereocenters. The van der Waals surface area contributed by atoms with Crippen molar-refractivity contribution in [3.63, 3.8) is 0 Å². The largest absolute Gasteiger partial charge is 0.489 e. The van der Waals surface area contributed by atoms with Gasteiger partial charge in [0.1, 0.15) is 5.75 Å². The molecule has 0 heterocycles. The summed E-state index contributed by atoms with van der Waals surface area (Å²) in [4.78, 5) is 0. The van der Waals surface area contributed by atoms with Gasteiger partial charge in [0.05, 0.1) is 23.2 Å². The van der Waals surface area contributed by atoms with Crippen LogP contribution in [0.1, 0.15) is 13.8 Å². The van der Waals surface area contributed by atoms with Crippen LogP contribution in [0.2, 0.25) is 0 Å². The molecule has 0 radical (unpaired) electrons. The average molecular weight is 287 g/mol. The number of sulfonamides is 1. The van der Waals surface area contributed by atoms with E-state index in [4.69, 9.17) is 10.5 Å². The number of ether oxygens (including phenoxy) is 1. The molecule has 0 spiro atoms. The summed E-state index contributed by atoms with van der Waals surface area (Å²) in [7, 11) is -1.83. The lowest BCUT2D eigenvalue weighted by Gasteiger charge is -2.15. The molecule has 0 aromatic heterocycles. The molecule has 6 nitrogen and oxygen atoms in total. The van der Waals surface area contributed by atoms with Crippen molar-refractivity contribution in [1.29, 1.82) is 0 Å². The van der Waals surface area contributed by atoms with E-state index in [9.17, 15) is 8.42 Å². The van der Waals surface area contributed by atoms with Crippen LogP contribution in [0.5, 0.6) is 5.75 Å². The maximum Gasteiger partial charge on any atom is 0.213 e. The molecule has 0 aliphatic heterocycles. The molecule has 0 bridgehead atoms. The fourth-order valence-corrected chi connectivity index (χ4v) is 2.05. The van der Waals surface area contributed by atoms with E-state index in [0.717, 1.165) is 0 Å². The highest BCUT2D eigenvalue weighted by Gasteiger charge is 2.09. The second kappa shape index (κ2) is 6.63. The molecule has 19 heavy (non-hydrogen) atoms. The molecule has 4 N–H and O–H groups in total. The van der Waals surface area contributed by atoms with E-state index < -0.39 is 10.0 Å². The van der Waals surface area contributed by atoms with Gasteiger partial charge >= 0.3 is 0 Å². The Balaban J connectivity index is 2.69. The SMILES string of the molecule is CNS(=O)(=O)CCNc1cccc(OC(C)C)c1N. The van der Waals surface area contributed by atoms with E-state index in [1.165, 1.54) is 7.05 Å². The van der Waals surface area contributed by atoms with Crippen molar-refractivity contribution in [3.05, 3.63) is 18.2 Å². The van der Waals surface area contributed by atoms with Crippen LogP contribution in [0.25, 0.3) is 0 Å². The fourth-order valence-electron chi connectivity index (χ4n) is 1.48. The smallest absolute Gasteiger partial charge is 0.213 e. The van der Waals surface area contributed by atoms with Gasteiger partial charge in [-0.1, -0.05) is 6.07 Å². The van der Waals surface area contributed by atoms with Gasteiger partial charge in [0.15, 0.2) is 0 Å². The maximum absolute atomic E-state index is 11.3. The first-order valence-electron chi connectivity index (χ1n) is 6.06. The molecule has 0 amide bonds. The molecular formula is C12H21N3O3S. The van der Waals surface area contributed by atoms with Crippen molar-refractivity contribution in [3.8, 4) is 5.75 Å². The average Bonchev–Trinajstić information content (AvgIpc) is 2.33. The third kappa shape index (κ3) is 4.96. The van der Waals surface area contributed by atoms with E-state index >= 15 is 0 Å². The number of benzene rings is 1. The molecule has 0 aliphatic rings. The van der Waals surface area contributed by atoms with Crippen LogP contribution in [-0.2, 0) is 10.0 Å². The molecule has 1 aromatic carbocycles. The van der Waals surface area contributed by atoms with Crippen molar-refractivity contribution in [2.45, 2.75) is 20.0 Å². The highest BCUT2D eigenvalue weighted by atomic mass is 32.2. The van der Waals surface area contributed by atoms with E-state index in [0.29, 0.717) is 17.1 Å². The van der Waals surface area contributed by atoms with Crippen LogP contribution in [-0.4, -0.2) is 33.9 Å². The fraction of sp³-hybridized carbons (Fsp3) is 0.500. The Bertz CT molecular complexity index is 515. The molecular weight excluding hydrogens is 266 g/mol. The predicted octanol–water partition coefficient (Wildman–Crippen LogP) is 1.02. The second-order valence-corrected chi connectivity index (χ2v) is 6.38. The topological polar surface area (TPSA) is 93.5 Å². The summed E-state index contributed by atoms with van der Waals surface area (Å²) in [6.45, 7) is 4.11. The Labute approximate surface area is 114 Å². The summed E-state index contributed by atoms with van der Waals surface area (Å²) < 4.78 is 30.4. The van der Waals surface area contributed by atoms with Gasteiger partial charge in [-0.2, -0.15) is 0 Å². The number of anilines is 2. The van der Waals surface area contributed by atoms with Crippen molar-refractivity contribution >= 4 is 21.4 Å². The summed E-state index contributed by atoms with van der Waals surface area (Å²) in [6.07, 6.45) is 0.0298.